The van der Waals surface area contributed by atoms with Gasteiger partial charge in [0.1, 0.15) is 5.75 Å². The Morgan fingerprint density at radius 2 is 1.53 bits per heavy atom. The van der Waals surface area contributed by atoms with Crippen LogP contribution in [-0.2, 0) is 0 Å². The maximum Gasteiger partial charge on any atom is 0.124 e. The first-order valence-electron chi connectivity index (χ1n) is 7.34. The second-order valence-corrected chi connectivity index (χ2v) is 6.41. The molecular weight excluding hydrogens is 300 g/mol. The van der Waals surface area contributed by atoms with Crippen LogP contribution in [-0.4, -0.2) is 7.11 Å². The minimum absolute atomic E-state index is 0.454. The van der Waals surface area contributed by atoms with E-state index in [9.17, 15) is 0 Å². The molecule has 0 fully saturated rings. The number of hydrogen-bond acceptors (Lipinski definition) is 1. The van der Waals surface area contributed by atoms with Crippen molar-refractivity contribution in [2.45, 2.75) is 58.2 Å². The van der Waals surface area contributed by atoms with Crippen molar-refractivity contribution in [3.8, 4) is 5.75 Å². The Hall–Kier alpha value is -0.500. The molecule has 0 aliphatic rings. The van der Waals surface area contributed by atoms with Gasteiger partial charge in [0, 0.05) is 4.83 Å². The van der Waals surface area contributed by atoms with Crippen LogP contribution in [0.4, 0.5) is 0 Å². The molecule has 0 amide bonds. The van der Waals surface area contributed by atoms with Crippen LogP contribution in [0.25, 0.3) is 0 Å². The van der Waals surface area contributed by atoms with Crippen LogP contribution in [0.2, 0.25) is 0 Å². The third-order valence-corrected chi connectivity index (χ3v) is 5.01. The molecule has 1 rings (SSSR count). The van der Waals surface area contributed by atoms with Gasteiger partial charge in [-0.15, -0.1) is 0 Å². The summed E-state index contributed by atoms with van der Waals surface area (Å²) in [6.07, 6.45) is 5.07. The molecule has 0 bridgehead atoms. The van der Waals surface area contributed by atoms with Crippen LogP contribution in [0.3, 0.4) is 0 Å². The van der Waals surface area contributed by atoms with E-state index in [1.54, 1.807) is 7.11 Å². The van der Waals surface area contributed by atoms with Crippen molar-refractivity contribution in [3.63, 3.8) is 0 Å². The highest BCUT2D eigenvalue weighted by molar-refractivity contribution is 9.09. The van der Waals surface area contributed by atoms with Crippen molar-refractivity contribution in [1.82, 2.24) is 0 Å². The van der Waals surface area contributed by atoms with Gasteiger partial charge in [-0.3, -0.25) is 0 Å². The van der Waals surface area contributed by atoms with Gasteiger partial charge >= 0.3 is 0 Å². The van der Waals surface area contributed by atoms with Crippen LogP contribution in [0, 0.1) is 19.8 Å². The average molecular weight is 327 g/mol. The average Bonchev–Trinajstić information content (AvgIpc) is 2.37. The molecule has 0 aliphatic heterocycles. The zero-order valence-electron chi connectivity index (χ0n) is 12.9. The lowest BCUT2D eigenvalue weighted by atomic mass is 9.89. The SMILES string of the molecule is CCCC(CCC)C(Br)c1cc(C)c(OC)c(C)c1. The number of methoxy groups -OCH3 is 1. The van der Waals surface area contributed by atoms with Gasteiger partial charge in [-0.05, 0) is 49.3 Å². The van der Waals surface area contributed by atoms with Crippen LogP contribution >= 0.6 is 15.9 Å². The predicted molar refractivity (Wildman–Crippen MR) is 87.4 cm³/mol. The summed E-state index contributed by atoms with van der Waals surface area (Å²) in [6, 6.07) is 4.53. The van der Waals surface area contributed by atoms with Crippen molar-refractivity contribution in [3.05, 3.63) is 28.8 Å². The molecule has 108 valence electrons. The van der Waals surface area contributed by atoms with Crippen molar-refractivity contribution in [1.29, 1.82) is 0 Å². The number of alkyl halides is 1. The largest absolute Gasteiger partial charge is 0.496 e. The van der Waals surface area contributed by atoms with Crippen molar-refractivity contribution in [2.75, 3.05) is 7.11 Å². The zero-order valence-corrected chi connectivity index (χ0v) is 14.5. The second-order valence-electron chi connectivity index (χ2n) is 5.43. The fourth-order valence-corrected chi connectivity index (χ4v) is 3.71. The van der Waals surface area contributed by atoms with Crippen molar-refractivity contribution >= 4 is 15.9 Å². The van der Waals surface area contributed by atoms with Gasteiger partial charge in [-0.2, -0.15) is 0 Å². The fourth-order valence-electron chi connectivity index (χ4n) is 2.92. The smallest absolute Gasteiger partial charge is 0.124 e. The lowest BCUT2D eigenvalue weighted by Crippen LogP contribution is -2.08. The van der Waals surface area contributed by atoms with Gasteiger partial charge in [0.2, 0.25) is 0 Å². The Bertz CT molecular complexity index is 371. The number of aryl methyl sites for hydroxylation is 2. The monoisotopic (exact) mass is 326 g/mol. The highest BCUT2D eigenvalue weighted by Crippen LogP contribution is 2.39. The quantitative estimate of drug-likeness (QED) is 0.561. The van der Waals surface area contributed by atoms with E-state index >= 15 is 0 Å². The molecule has 1 nitrogen and oxygen atoms in total. The molecule has 0 radical (unpaired) electrons. The number of hydrogen-bond donors (Lipinski definition) is 0. The van der Waals surface area contributed by atoms with Gasteiger partial charge < -0.3 is 4.74 Å². The topological polar surface area (TPSA) is 9.23 Å². The van der Waals surface area contributed by atoms with E-state index in [4.69, 9.17) is 4.74 Å². The molecular formula is C17H27BrO. The molecule has 0 aromatic heterocycles. The normalized spacial score (nSPS) is 12.8. The summed E-state index contributed by atoms with van der Waals surface area (Å²) in [5, 5.41) is 0. The van der Waals surface area contributed by atoms with E-state index in [0.29, 0.717) is 4.83 Å². The molecule has 1 atom stereocenters. The molecule has 2 heteroatoms. The van der Waals surface area contributed by atoms with Crippen LogP contribution < -0.4 is 4.74 Å². The number of benzene rings is 1. The van der Waals surface area contributed by atoms with E-state index in [-0.39, 0.29) is 0 Å². The molecule has 0 aliphatic carbocycles. The Morgan fingerprint density at radius 3 is 1.89 bits per heavy atom. The van der Waals surface area contributed by atoms with Gasteiger partial charge in [-0.25, -0.2) is 0 Å². The summed E-state index contributed by atoms with van der Waals surface area (Å²) in [4.78, 5) is 0.454. The van der Waals surface area contributed by atoms with Crippen LogP contribution in [0.5, 0.6) is 5.75 Å². The summed E-state index contributed by atoms with van der Waals surface area (Å²) >= 11 is 3.93. The molecule has 0 spiro atoms. The summed E-state index contributed by atoms with van der Waals surface area (Å²) in [7, 11) is 1.75. The maximum atomic E-state index is 5.45. The van der Waals surface area contributed by atoms with E-state index in [1.165, 1.54) is 42.4 Å². The van der Waals surface area contributed by atoms with Crippen LogP contribution in [0.1, 0.15) is 61.0 Å². The number of halogens is 1. The third-order valence-electron chi connectivity index (χ3n) is 3.74. The molecule has 1 aromatic carbocycles. The second kappa shape index (κ2) is 7.94. The highest BCUT2D eigenvalue weighted by Gasteiger charge is 2.20. The minimum atomic E-state index is 0.454. The summed E-state index contributed by atoms with van der Waals surface area (Å²) in [5.74, 6) is 1.74. The molecule has 0 saturated carbocycles. The molecule has 19 heavy (non-hydrogen) atoms. The third kappa shape index (κ3) is 4.24. The predicted octanol–water partition coefficient (Wildman–Crippen LogP) is 5.96. The van der Waals surface area contributed by atoms with E-state index in [1.807, 2.05) is 0 Å². The maximum absolute atomic E-state index is 5.45. The fraction of sp³-hybridized carbons (Fsp3) is 0.647. The first kappa shape index (κ1) is 16.6. The molecule has 1 aromatic rings. The van der Waals surface area contributed by atoms with E-state index in [2.05, 4.69) is 55.8 Å². The summed E-state index contributed by atoms with van der Waals surface area (Å²) in [6.45, 7) is 8.80. The minimum Gasteiger partial charge on any atom is -0.496 e. The summed E-state index contributed by atoms with van der Waals surface area (Å²) in [5.41, 5.74) is 3.85. The molecule has 0 N–H and O–H groups in total. The lowest BCUT2D eigenvalue weighted by Gasteiger charge is -2.23. The summed E-state index contributed by atoms with van der Waals surface area (Å²) < 4.78 is 5.45. The van der Waals surface area contributed by atoms with Crippen LogP contribution in [0.15, 0.2) is 12.1 Å². The van der Waals surface area contributed by atoms with Gasteiger partial charge in [0.25, 0.3) is 0 Å². The molecule has 0 saturated heterocycles. The van der Waals surface area contributed by atoms with Crippen molar-refractivity contribution in [2.24, 2.45) is 5.92 Å². The van der Waals surface area contributed by atoms with Gasteiger partial charge in [-0.1, -0.05) is 54.8 Å². The zero-order chi connectivity index (χ0) is 14.4. The number of ether oxygens (including phenoxy) is 1. The Morgan fingerprint density at radius 1 is 1.05 bits per heavy atom. The van der Waals surface area contributed by atoms with Gasteiger partial charge in [0.15, 0.2) is 0 Å². The molecule has 0 heterocycles. The van der Waals surface area contributed by atoms with Gasteiger partial charge in [0.05, 0.1) is 7.11 Å². The van der Waals surface area contributed by atoms with E-state index < -0.39 is 0 Å². The Labute approximate surface area is 126 Å². The highest BCUT2D eigenvalue weighted by atomic mass is 79.9. The van der Waals surface area contributed by atoms with Crippen molar-refractivity contribution < 1.29 is 4.74 Å². The lowest BCUT2D eigenvalue weighted by molar-refractivity contribution is 0.407. The Balaban J connectivity index is 3.00. The Kier molecular flexibility index (Phi) is 6.92. The first-order valence-corrected chi connectivity index (χ1v) is 8.25. The number of rotatable bonds is 7. The first-order chi connectivity index (χ1) is 9.04. The molecule has 1 unspecified atom stereocenters. The van der Waals surface area contributed by atoms with E-state index in [0.717, 1.165) is 11.7 Å². The standard InChI is InChI=1S/C17H27BrO/c1-6-8-14(9-7-2)16(18)15-10-12(3)17(19-5)13(4)11-15/h10-11,14,16H,6-9H2,1-5H3.